The van der Waals surface area contributed by atoms with Gasteiger partial charge in [0.2, 0.25) is 0 Å². The van der Waals surface area contributed by atoms with Gasteiger partial charge < -0.3 is 24.4 Å². The zero-order chi connectivity index (χ0) is 24.0. The highest BCUT2D eigenvalue weighted by atomic mass is 16.7. The molecule has 1 spiro atoms. The smallest absolute Gasteiger partial charge is 0.335 e. The Morgan fingerprint density at radius 3 is 1.85 bits per heavy atom. The van der Waals surface area contributed by atoms with E-state index in [2.05, 4.69) is 14.6 Å². The summed E-state index contributed by atoms with van der Waals surface area (Å²) in [7, 11) is 0. The molecular formula is C26H29N3O5. The largest absolute Gasteiger partial charge is 0.478 e. The van der Waals surface area contributed by atoms with Crippen molar-refractivity contribution in [3.63, 3.8) is 0 Å². The molecule has 0 amide bonds. The van der Waals surface area contributed by atoms with E-state index in [9.17, 15) is 9.59 Å². The average molecular weight is 464 g/mol. The minimum absolute atomic E-state index is 0.289. The molecule has 3 heterocycles. The van der Waals surface area contributed by atoms with E-state index in [1.165, 1.54) is 5.69 Å². The summed E-state index contributed by atoms with van der Waals surface area (Å²) in [5, 5.41) is 8.76. The highest BCUT2D eigenvalue weighted by Crippen LogP contribution is 2.33. The lowest BCUT2D eigenvalue weighted by Crippen LogP contribution is -2.45. The summed E-state index contributed by atoms with van der Waals surface area (Å²) in [4.78, 5) is 29.6. The Hall–Kier alpha value is -3.41. The number of rotatable bonds is 3. The Bertz CT molecular complexity index is 1020. The van der Waals surface area contributed by atoms with Gasteiger partial charge in [0.25, 0.3) is 0 Å². The minimum atomic E-state index is -0.916. The first-order chi connectivity index (χ1) is 16.5. The third-order valence-corrected chi connectivity index (χ3v) is 6.48. The van der Waals surface area contributed by atoms with Gasteiger partial charge in [0.15, 0.2) is 11.5 Å². The van der Waals surface area contributed by atoms with Gasteiger partial charge in [-0.15, -0.1) is 0 Å². The molecule has 8 nitrogen and oxygen atoms in total. The van der Waals surface area contributed by atoms with Gasteiger partial charge in [0.1, 0.15) is 5.78 Å². The molecule has 1 N–H and O–H groups in total. The standard InChI is InChI=1S/C14H16N2O2.C12H13NO3/c1-15-12-2-4-13(5-3-12)16-8-6-14(7-9-16)17-10-11-18-14;14-11-5-7-13(8-6-11)10-3-1-9(2-4-10)12(15)16/h2-5H,6-11H2;1-4H,5-8H2,(H,15,16). The number of Topliss-reactive ketones (excluding diaryl/α,β-unsaturated/α-hetero) is 1. The first-order valence-electron chi connectivity index (χ1n) is 11.6. The number of nitrogens with zero attached hydrogens (tertiary/aromatic N) is 3. The maximum atomic E-state index is 11.1. The molecule has 3 aliphatic rings. The van der Waals surface area contributed by atoms with Gasteiger partial charge >= 0.3 is 5.97 Å². The molecule has 5 rings (SSSR count). The number of aromatic carboxylic acids is 1. The molecule has 8 heteroatoms. The third-order valence-electron chi connectivity index (χ3n) is 6.48. The summed E-state index contributed by atoms with van der Waals surface area (Å²) in [6.07, 6.45) is 3.00. The Kier molecular flexibility index (Phi) is 7.46. The number of anilines is 2. The molecule has 0 aromatic heterocycles. The monoisotopic (exact) mass is 463 g/mol. The van der Waals surface area contributed by atoms with Crippen molar-refractivity contribution in [2.24, 2.45) is 0 Å². The van der Waals surface area contributed by atoms with Crippen molar-refractivity contribution in [2.45, 2.75) is 31.5 Å². The Morgan fingerprint density at radius 1 is 0.853 bits per heavy atom. The lowest BCUT2D eigenvalue weighted by Gasteiger charge is -2.38. The van der Waals surface area contributed by atoms with E-state index in [0.717, 1.165) is 57.9 Å². The minimum Gasteiger partial charge on any atom is -0.478 e. The van der Waals surface area contributed by atoms with E-state index in [1.54, 1.807) is 24.3 Å². The number of carboxylic acid groups (broad SMARTS) is 1. The van der Waals surface area contributed by atoms with Crippen LogP contribution < -0.4 is 9.80 Å². The van der Waals surface area contributed by atoms with Gasteiger partial charge in [-0.2, -0.15) is 0 Å². The van der Waals surface area contributed by atoms with E-state index in [1.807, 2.05) is 24.3 Å². The van der Waals surface area contributed by atoms with Crippen LogP contribution in [0.5, 0.6) is 0 Å². The number of ether oxygens (including phenoxy) is 2. The van der Waals surface area contributed by atoms with E-state index >= 15 is 0 Å². The Labute approximate surface area is 199 Å². The van der Waals surface area contributed by atoms with Crippen molar-refractivity contribution >= 4 is 28.8 Å². The van der Waals surface area contributed by atoms with Gasteiger partial charge in [0, 0.05) is 63.2 Å². The van der Waals surface area contributed by atoms with Crippen LogP contribution in [0.15, 0.2) is 48.5 Å². The molecule has 0 aliphatic carbocycles. The number of hydrogen-bond donors (Lipinski definition) is 1. The summed E-state index contributed by atoms with van der Waals surface area (Å²) in [6, 6.07) is 14.5. The number of hydrogen-bond acceptors (Lipinski definition) is 6. The Balaban J connectivity index is 0.000000162. The second-order valence-corrected chi connectivity index (χ2v) is 8.60. The normalized spacial score (nSPS) is 19.3. The number of piperidine rings is 2. The van der Waals surface area contributed by atoms with Crippen molar-refractivity contribution in [3.05, 3.63) is 65.5 Å². The zero-order valence-corrected chi connectivity index (χ0v) is 19.1. The van der Waals surface area contributed by atoms with E-state index < -0.39 is 5.97 Å². The highest BCUT2D eigenvalue weighted by Gasteiger charge is 2.39. The van der Waals surface area contributed by atoms with Gasteiger partial charge in [0.05, 0.1) is 25.3 Å². The second-order valence-electron chi connectivity index (χ2n) is 8.60. The first-order valence-corrected chi connectivity index (χ1v) is 11.6. The quantitative estimate of drug-likeness (QED) is 0.685. The SMILES string of the molecule is O=C1CCN(c2ccc(C(=O)O)cc2)CC1.[C-]#[N+]c1ccc(N2CCC3(CC2)OCCO3)cc1. The van der Waals surface area contributed by atoms with Crippen LogP contribution in [0.3, 0.4) is 0 Å². The lowest BCUT2D eigenvalue weighted by atomic mass is 10.0. The molecule has 0 radical (unpaired) electrons. The van der Waals surface area contributed by atoms with Crippen LogP contribution in [0.1, 0.15) is 36.0 Å². The van der Waals surface area contributed by atoms with E-state index in [0.29, 0.717) is 24.3 Å². The van der Waals surface area contributed by atoms with Gasteiger partial charge in [-0.1, -0.05) is 12.1 Å². The highest BCUT2D eigenvalue weighted by molar-refractivity contribution is 5.88. The van der Waals surface area contributed by atoms with Crippen molar-refractivity contribution in [2.75, 3.05) is 49.2 Å². The molecule has 178 valence electrons. The molecule has 0 unspecified atom stereocenters. The number of benzene rings is 2. The number of carbonyl (C=O) groups is 2. The fourth-order valence-corrected chi connectivity index (χ4v) is 4.46. The van der Waals surface area contributed by atoms with E-state index in [4.69, 9.17) is 21.2 Å². The molecule has 3 fully saturated rings. The summed E-state index contributed by atoms with van der Waals surface area (Å²) >= 11 is 0. The molecule has 3 aliphatic heterocycles. The van der Waals surface area contributed by atoms with Crippen LogP contribution in [0.4, 0.5) is 17.1 Å². The summed E-state index contributed by atoms with van der Waals surface area (Å²) in [5.74, 6) is -0.925. The topological polar surface area (TPSA) is 83.7 Å². The van der Waals surface area contributed by atoms with Crippen LogP contribution >= 0.6 is 0 Å². The molecule has 2 aromatic rings. The van der Waals surface area contributed by atoms with Crippen LogP contribution in [0.2, 0.25) is 0 Å². The first kappa shape index (κ1) is 23.7. The summed E-state index contributed by atoms with van der Waals surface area (Å²) in [6.45, 7) is 11.7. The van der Waals surface area contributed by atoms with Crippen LogP contribution in [0, 0.1) is 6.57 Å². The molecule has 2 aromatic carbocycles. The summed E-state index contributed by atoms with van der Waals surface area (Å²) in [5.41, 5.74) is 3.14. The van der Waals surface area contributed by atoms with Crippen molar-refractivity contribution in [3.8, 4) is 0 Å². The van der Waals surface area contributed by atoms with Gasteiger partial charge in [-0.25, -0.2) is 9.64 Å². The number of carboxylic acids is 1. The molecule has 3 saturated heterocycles. The van der Waals surface area contributed by atoms with Crippen molar-refractivity contribution in [1.82, 2.24) is 0 Å². The fraction of sp³-hybridized carbons (Fsp3) is 0.423. The van der Waals surface area contributed by atoms with Gasteiger partial charge in [-0.3, -0.25) is 4.79 Å². The average Bonchev–Trinajstić information content (AvgIpc) is 3.33. The molecule has 0 bridgehead atoms. The van der Waals surface area contributed by atoms with Gasteiger partial charge in [-0.05, 0) is 36.4 Å². The number of ketones is 1. The lowest BCUT2D eigenvalue weighted by molar-refractivity contribution is -0.169. The Morgan fingerprint density at radius 2 is 1.35 bits per heavy atom. The zero-order valence-electron chi connectivity index (χ0n) is 19.1. The molecule has 0 atom stereocenters. The third kappa shape index (κ3) is 5.74. The van der Waals surface area contributed by atoms with Crippen LogP contribution in [-0.4, -0.2) is 62.0 Å². The predicted octanol–water partition coefficient (Wildman–Crippen LogP) is 4.13. The number of carbonyl (C=O) groups excluding carboxylic acids is 1. The maximum Gasteiger partial charge on any atom is 0.335 e. The van der Waals surface area contributed by atoms with Crippen molar-refractivity contribution < 1.29 is 24.2 Å². The predicted molar refractivity (Wildman–Crippen MR) is 129 cm³/mol. The van der Waals surface area contributed by atoms with E-state index in [-0.39, 0.29) is 11.4 Å². The van der Waals surface area contributed by atoms with Crippen LogP contribution in [-0.2, 0) is 14.3 Å². The maximum absolute atomic E-state index is 11.1. The fourth-order valence-electron chi connectivity index (χ4n) is 4.46. The second kappa shape index (κ2) is 10.7. The molecule has 0 saturated carbocycles. The summed E-state index contributed by atoms with van der Waals surface area (Å²) < 4.78 is 11.4. The van der Waals surface area contributed by atoms with Crippen LogP contribution in [0.25, 0.3) is 4.85 Å². The van der Waals surface area contributed by atoms with Crippen molar-refractivity contribution in [1.29, 1.82) is 0 Å². The molecular weight excluding hydrogens is 434 g/mol. The molecule has 34 heavy (non-hydrogen) atoms.